The number of hydrogen-bond acceptors (Lipinski definition) is 5. The molecular weight excluding hydrogens is 433 g/mol. The van der Waals surface area contributed by atoms with Crippen LogP contribution in [-0.4, -0.2) is 22.2 Å². The summed E-state index contributed by atoms with van der Waals surface area (Å²) in [6, 6.07) is 14.4. The first-order valence-electron chi connectivity index (χ1n) is 10.6. The minimum absolute atomic E-state index is 0.0103. The molecule has 0 spiro atoms. The fourth-order valence-corrected chi connectivity index (χ4v) is 3.32. The summed E-state index contributed by atoms with van der Waals surface area (Å²) in [5, 5.41) is 5.93. The van der Waals surface area contributed by atoms with Crippen LogP contribution in [0.25, 0.3) is 11.3 Å². The molecule has 9 heteroatoms. The van der Waals surface area contributed by atoms with Crippen LogP contribution in [0.1, 0.15) is 33.1 Å². The van der Waals surface area contributed by atoms with Gasteiger partial charge in [-0.25, -0.2) is 9.97 Å². The second-order valence-electron chi connectivity index (χ2n) is 7.71. The Kier molecular flexibility index (Phi) is 7.87. The highest BCUT2D eigenvalue weighted by Crippen LogP contribution is 2.26. The lowest BCUT2D eigenvalue weighted by atomic mass is 10.0. The van der Waals surface area contributed by atoms with Gasteiger partial charge < -0.3 is 15.4 Å². The molecule has 0 bridgehead atoms. The van der Waals surface area contributed by atoms with Gasteiger partial charge in [0.25, 0.3) is 0 Å². The Labute approximate surface area is 190 Å². The molecule has 3 aromatic rings. The van der Waals surface area contributed by atoms with Crippen molar-refractivity contribution >= 4 is 23.1 Å². The van der Waals surface area contributed by atoms with Crippen LogP contribution < -0.4 is 15.4 Å². The monoisotopic (exact) mass is 458 g/mol. The maximum Gasteiger partial charge on any atom is 0.573 e. The Morgan fingerprint density at radius 1 is 1.03 bits per heavy atom. The van der Waals surface area contributed by atoms with E-state index >= 15 is 0 Å². The number of nitrogens with zero attached hydrogens (tertiary/aromatic N) is 2. The molecule has 1 heterocycles. The number of rotatable bonds is 9. The standard InChI is InChI=1S/C24H25F3N4O2/c1-3-4-16(2)13-23(32)31-19-7-5-17(6-8-19)21-14-22(29-15-28-21)30-18-9-11-20(12-10-18)33-24(25,26)27/h5-12,14-16H,3-4,13H2,1-2H3,(H,31,32)(H,28,29,30). The first kappa shape index (κ1) is 24.0. The highest BCUT2D eigenvalue weighted by molar-refractivity contribution is 5.91. The Hall–Kier alpha value is -3.62. The van der Waals surface area contributed by atoms with Gasteiger partial charge in [0.1, 0.15) is 17.9 Å². The Morgan fingerprint density at radius 3 is 2.33 bits per heavy atom. The van der Waals surface area contributed by atoms with Crippen molar-refractivity contribution in [2.75, 3.05) is 10.6 Å². The van der Waals surface area contributed by atoms with E-state index in [2.05, 4.69) is 39.2 Å². The molecular formula is C24H25F3N4O2. The van der Waals surface area contributed by atoms with Gasteiger partial charge in [0.2, 0.25) is 5.91 Å². The summed E-state index contributed by atoms with van der Waals surface area (Å²) < 4.78 is 40.7. The van der Waals surface area contributed by atoms with Gasteiger partial charge in [0.05, 0.1) is 5.69 Å². The predicted molar refractivity (Wildman–Crippen MR) is 121 cm³/mol. The molecule has 33 heavy (non-hydrogen) atoms. The van der Waals surface area contributed by atoms with E-state index in [1.807, 2.05) is 24.3 Å². The van der Waals surface area contributed by atoms with Crippen LogP contribution in [0.15, 0.2) is 60.9 Å². The summed E-state index contributed by atoms with van der Waals surface area (Å²) in [5.74, 6) is 0.508. The number of nitrogens with one attached hydrogen (secondary N) is 2. The third kappa shape index (κ3) is 7.78. The summed E-state index contributed by atoms with van der Waals surface area (Å²) in [6.07, 6.45) is -0.787. The van der Waals surface area contributed by atoms with Gasteiger partial charge >= 0.3 is 6.36 Å². The third-order valence-electron chi connectivity index (χ3n) is 4.81. The SMILES string of the molecule is CCCC(C)CC(=O)Nc1ccc(-c2cc(Nc3ccc(OC(F)(F)F)cc3)ncn2)cc1. The van der Waals surface area contributed by atoms with Crippen LogP contribution in [0.2, 0.25) is 0 Å². The molecule has 0 aliphatic carbocycles. The quantitative estimate of drug-likeness (QED) is 0.380. The van der Waals surface area contributed by atoms with Crippen LogP contribution in [0.4, 0.5) is 30.4 Å². The minimum Gasteiger partial charge on any atom is -0.406 e. The van der Waals surface area contributed by atoms with Gasteiger partial charge in [-0.1, -0.05) is 38.8 Å². The molecule has 0 radical (unpaired) electrons. The molecule has 0 saturated carbocycles. The second kappa shape index (κ2) is 10.8. The maximum atomic E-state index is 12.3. The van der Waals surface area contributed by atoms with Crippen molar-refractivity contribution in [2.24, 2.45) is 5.92 Å². The number of aromatic nitrogens is 2. The summed E-state index contributed by atoms with van der Waals surface area (Å²) >= 11 is 0. The van der Waals surface area contributed by atoms with E-state index in [0.29, 0.717) is 35.2 Å². The van der Waals surface area contributed by atoms with Gasteiger partial charge in [-0.05, 0) is 42.3 Å². The molecule has 0 fully saturated rings. The number of halogens is 3. The first-order valence-corrected chi connectivity index (χ1v) is 10.6. The summed E-state index contributed by atoms with van der Waals surface area (Å²) in [7, 11) is 0. The van der Waals surface area contributed by atoms with Crippen molar-refractivity contribution in [2.45, 2.75) is 39.5 Å². The molecule has 1 aromatic heterocycles. The smallest absolute Gasteiger partial charge is 0.406 e. The molecule has 3 rings (SSSR count). The fraction of sp³-hybridized carbons (Fsp3) is 0.292. The number of carbonyl (C=O) groups excluding carboxylic acids is 1. The maximum absolute atomic E-state index is 12.3. The number of carbonyl (C=O) groups is 1. The largest absolute Gasteiger partial charge is 0.573 e. The van der Waals surface area contributed by atoms with Crippen LogP contribution >= 0.6 is 0 Å². The summed E-state index contributed by atoms with van der Waals surface area (Å²) in [4.78, 5) is 20.6. The van der Waals surface area contributed by atoms with Gasteiger partial charge in [-0.2, -0.15) is 0 Å². The van der Waals surface area contributed by atoms with E-state index < -0.39 is 6.36 Å². The number of amides is 1. The van der Waals surface area contributed by atoms with E-state index in [-0.39, 0.29) is 11.7 Å². The van der Waals surface area contributed by atoms with Gasteiger partial charge in [0.15, 0.2) is 0 Å². The molecule has 0 aliphatic heterocycles. The van der Waals surface area contributed by atoms with E-state index in [1.54, 1.807) is 6.07 Å². The number of anilines is 3. The third-order valence-corrected chi connectivity index (χ3v) is 4.81. The zero-order valence-corrected chi connectivity index (χ0v) is 18.3. The average Bonchev–Trinajstić information content (AvgIpc) is 2.75. The second-order valence-corrected chi connectivity index (χ2v) is 7.71. The van der Waals surface area contributed by atoms with Crippen molar-refractivity contribution in [3.8, 4) is 17.0 Å². The number of alkyl halides is 3. The average molecular weight is 458 g/mol. The molecule has 6 nitrogen and oxygen atoms in total. The minimum atomic E-state index is -4.73. The van der Waals surface area contributed by atoms with Crippen molar-refractivity contribution in [3.63, 3.8) is 0 Å². The van der Waals surface area contributed by atoms with Crippen molar-refractivity contribution in [1.29, 1.82) is 0 Å². The Bertz CT molecular complexity index is 1050. The lowest BCUT2D eigenvalue weighted by Crippen LogP contribution is -2.16. The fourth-order valence-electron chi connectivity index (χ4n) is 3.32. The Balaban J connectivity index is 1.63. The van der Waals surface area contributed by atoms with Crippen molar-refractivity contribution < 1.29 is 22.7 Å². The lowest BCUT2D eigenvalue weighted by Gasteiger charge is -2.11. The molecule has 1 atom stereocenters. The van der Waals surface area contributed by atoms with Crippen molar-refractivity contribution in [3.05, 3.63) is 60.9 Å². The Morgan fingerprint density at radius 2 is 1.70 bits per heavy atom. The normalized spacial score (nSPS) is 12.2. The number of ether oxygens (including phenoxy) is 1. The lowest BCUT2D eigenvalue weighted by molar-refractivity contribution is -0.274. The molecule has 0 aliphatic rings. The number of benzene rings is 2. The van der Waals surface area contributed by atoms with Crippen LogP contribution in [0, 0.1) is 5.92 Å². The molecule has 0 saturated heterocycles. The van der Waals surface area contributed by atoms with Crippen LogP contribution in [0.3, 0.4) is 0 Å². The van der Waals surface area contributed by atoms with E-state index in [9.17, 15) is 18.0 Å². The molecule has 1 amide bonds. The predicted octanol–water partition coefficient (Wildman–Crippen LogP) is 6.55. The zero-order valence-electron chi connectivity index (χ0n) is 18.3. The molecule has 1 unspecified atom stereocenters. The number of hydrogen-bond donors (Lipinski definition) is 2. The van der Waals surface area contributed by atoms with Crippen LogP contribution in [-0.2, 0) is 4.79 Å². The van der Waals surface area contributed by atoms with Gasteiger partial charge in [-0.3, -0.25) is 4.79 Å². The zero-order chi connectivity index (χ0) is 23.8. The van der Waals surface area contributed by atoms with Gasteiger partial charge in [-0.15, -0.1) is 13.2 Å². The summed E-state index contributed by atoms with van der Waals surface area (Å²) in [5.41, 5.74) is 2.73. The van der Waals surface area contributed by atoms with E-state index in [4.69, 9.17) is 0 Å². The highest BCUT2D eigenvalue weighted by atomic mass is 19.4. The molecule has 174 valence electrons. The van der Waals surface area contributed by atoms with Gasteiger partial charge in [0, 0.05) is 29.4 Å². The van der Waals surface area contributed by atoms with Crippen molar-refractivity contribution in [1.82, 2.24) is 9.97 Å². The highest BCUT2D eigenvalue weighted by Gasteiger charge is 2.30. The first-order chi connectivity index (χ1) is 15.7. The van der Waals surface area contributed by atoms with E-state index in [1.165, 1.54) is 30.6 Å². The topological polar surface area (TPSA) is 76.1 Å². The molecule has 2 N–H and O–H groups in total. The summed E-state index contributed by atoms with van der Waals surface area (Å²) in [6.45, 7) is 4.17. The van der Waals surface area contributed by atoms with E-state index in [0.717, 1.165) is 18.4 Å². The molecule has 2 aromatic carbocycles. The van der Waals surface area contributed by atoms with Crippen LogP contribution in [0.5, 0.6) is 5.75 Å².